The Balaban J connectivity index is 4.18. The number of rotatable bonds is 5. The van der Waals surface area contributed by atoms with Gasteiger partial charge in [-0.05, 0) is 0 Å². The molecule has 11 heavy (non-hydrogen) atoms. The number of nitrogens with two attached hydrogens (primary N) is 1. The smallest absolute Gasteiger partial charge is 0.217 e. The van der Waals surface area contributed by atoms with Crippen LogP contribution in [0.2, 0.25) is 0 Å². The molecule has 0 aliphatic rings. The Morgan fingerprint density at radius 2 is 2.18 bits per heavy atom. The first-order valence-corrected chi connectivity index (χ1v) is 4.90. The molecule has 5 heteroatoms. The molecule has 0 fully saturated rings. The van der Waals surface area contributed by atoms with E-state index in [-0.39, 0.29) is 5.75 Å². The number of sulfonamides is 1. The SMILES string of the molecule is C=CCS(=O)(=O)N(C)CCN. The van der Waals surface area contributed by atoms with Crippen LogP contribution in [-0.2, 0) is 10.0 Å². The minimum Gasteiger partial charge on any atom is -0.329 e. The Kier molecular flexibility index (Phi) is 4.32. The van der Waals surface area contributed by atoms with Gasteiger partial charge in [0, 0.05) is 20.1 Å². The number of hydrogen-bond donors (Lipinski definition) is 1. The maximum absolute atomic E-state index is 11.1. The molecule has 0 aliphatic carbocycles. The number of likely N-dealkylation sites (N-methyl/N-ethyl adjacent to an activating group) is 1. The van der Waals surface area contributed by atoms with E-state index >= 15 is 0 Å². The maximum atomic E-state index is 11.1. The summed E-state index contributed by atoms with van der Waals surface area (Å²) in [5.41, 5.74) is 5.19. The van der Waals surface area contributed by atoms with Crippen LogP contribution in [-0.4, -0.2) is 38.6 Å². The van der Waals surface area contributed by atoms with E-state index in [9.17, 15) is 8.42 Å². The summed E-state index contributed by atoms with van der Waals surface area (Å²) >= 11 is 0. The highest BCUT2D eigenvalue weighted by molar-refractivity contribution is 7.89. The van der Waals surface area contributed by atoms with Gasteiger partial charge in [0.05, 0.1) is 5.75 Å². The molecule has 0 bridgehead atoms. The lowest BCUT2D eigenvalue weighted by atomic mass is 10.7. The van der Waals surface area contributed by atoms with E-state index in [0.717, 1.165) is 0 Å². The van der Waals surface area contributed by atoms with E-state index in [2.05, 4.69) is 6.58 Å². The zero-order valence-electron chi connectivity index (χ0n) is 6.66. The van der Waals surface area contributed by atoms with Gasteiger partial charge in [-0.15, -0.1) is 6.58 Å². The van der Waals surface area contributed by atoms with Crippen molar-refractivity contribution in [2.24, 2.45) is 5.73 Å². The number of hydrogen-bond acceptors (Lipinski definition) is 3. The summed E-state index contributed by atoms with van der Waals surface area (Å²) < 4.78 is 23.5. The normalized spacial score (nSPS) is 11.9. The molecule has 0 atom stereocenters. The molecule has 0 heterocycles. The second-order valence-corrected chi connectivity index (χ2v) is 4.30. The maximum Gasteiger partial charge on any atom is 0.217 e. The average Bonchev–Trinajstić information content (AvgIpc) is 1.88. The van der Waals surface area contributed by atoms with Crippen molar-refractivity contribution in [2.45, 2.75) is 0 Å². The zero-order valence-corrected chi connectivity index (χ0v) is 7.47. The molecule has 0 aromatic heterocycles. The predicted octanol–water partition coefficient (Wildman–Crippen LogP) is -0.607. The fourth-order valence-electron chi connectivity index (χ4n) is 0.597. The van der Waals surface area contributed by atoms with E-state index in [4.69, 9.17) is 5.73 Å². The van der Waals surface area contributed by atoms with Crippen molar-refractivity contribution in [3.8, 4) is 0 Å². The van der Waals surface area contributed by atoms with Gasteiger partial charge in [0.15, 0.2) is 0 Å². The fraction of sp³-hybridized carbons (Fsp3) is 0.667. The van der Waals surface area contributed by atoms with Crippen LogP contribution in [0.25, 0.3) is 0 Å². The van der Waals surface area contributed by atoms with Crippen LogP contribution in [0.3, 0.4) is 0 Å². The minimum atomic E-state index is -3.14. The molecule has 0 spiro atoms. The van der Waals surface area contributed by atoms with Gasteiger partial charge in [-0.1, -0.05) is 6.08 Å². The van der Waals surface area contributed by atoms with Crippen molar-refractivity contribution in [3.05, 3.63) is 12.7 Å². The summed E-state index contributed by atoms with van der Waals surface area (Å²) in [6, 6.07) is 0. The lowest BCUT2D eigenvalue weighted by Crippen LogP contribution is -2.32. The summed E-state index contributed by atoms with van der Waals surface area (Å²) in [5, 5.41) is 0. The molecule has 0 saturated heterocycles. The summed E-state index contributed by atoms with van der Waals surface area (Å²) in [4.78, 5) is 0. The van der Waals surface area contributed by atoms with Crippen molar-refractivity contribution >= 4 is 10.0 Å². The molecule has 0 saturated carbocycles. The topological polar surface area (TPSA) is 63.4 Å². The van der Waals surface area contributed by atoms with Gasteiger partial charge in [-0.3, -0.25) is 0 Å². The Morgan fingerprint density at radius 3 is 2.55 bits per heavy atom. The van der Waals surface area contributed by atoms with Crippen molar-refractivity contribution in [2.75, 3.05) is 25.9 Å². The molecule has 0 amide bonds. The van der Waals surface area contributed by atoms with Gasteiger partial charge in [0.25, 0.3) is 0 Å². The molecule has 0 aromatic rings. The third-order valence-electron chi connectivity index (χ3n) is 1.25. The van der Waals surface area contributed by atoms with E-state index in [1.54, 1.807) is 0 Å². The molecule has 0 aromatic carbocycles. The second kappa shape index (κ2) is 4.48. The first-order chi connectivity index (χ1) is 5.04. The fourth-order valence-corrected chi connectivity index (χ4v) is 1.53. The molecule has 4 nitrogen and oxygen atoms in total. The predicted molar refractivity (Wildman–Crippen MR) is 45.7 cm³/mol. The van der Waals surface area contributed by atoms with Crippen LogP contribution in [0.4, 0.5) is 0 Å². The quantitative estimate of drug-likeness (QED) is 0.571. The largest absolute Gasteiger partial charge is 0.329 e. The summed E-state index contributed by atoms with van der Waals surface area (Å²) in [6.45, 7) is 4.05. The Bertz CT molecular complexity index is 211. The van der Waals surface area contributed by atoms with Crippen LogP contribution in [0.5, 0.6) is 0 Å². The molecule has 0 radical (unpaired) electrons. The van der Waals surface area contributed by atoms with Crippen molar-refractivity contribution in [1.29, 1.82) is 0 Å². The molecular weight excluding hydrogens is 164 g/mol. The Morgan fingerprint density at radius 1 is 1.64 bits per heavy atom. The van der Waals surface area contributed by atoms with E-state index < -0.39 is 10.0 Å². The lowest BCUT2D eigenvalue weighted by molar-refractivity contribution is 0.479. The van der Waals surface area contributed by atoms with Gasteiger partial charge in [0.2, 0.25) is 10.0 Å². The molecule has 0 aliphatic heterocycles. The summed E-state index contributed by atoms with van der Waals surface area (Å²) in [6.07, 6.45) is 1.36. The van der Waals surface area contributed by atoms with E-state index in [1.165, 1.54) is 17.4 Å². The van der Waals surface area contributed by atoms with Gasteiger partial charge < -0.3 is 5.73 Å². The highest BCUT2D eigenvalue weighted by Gasteiger charge is 2.13. The van der Waals surface area contributed by atoms with Crippen molar-refractivity contribution in [3.63, 3.8) is 0 Å². The molecule has 0 unspecified atom stereocenters. The third-order valence-corrected chi connectivity index (χ3v) is 3.04. The summed E-state index contributed by atoms with van der Waals surface area (Å²) in [7, 11) is -1.63. The minimum absolute atomic E-state index is 0.0243. The van der Waals surface area contributed by atoms with Gasteiger partial charge in [-0.2, -0.15) is 0 Å². The standard InChI is InChI=1S/C6H14N2O2S/c1-3-6-11(9,10)8(2)5-4-7/h3H,1,4-7H2,2H3. The molecule has 66 valence electrons. The van der Waals surface area contributed by atoms with Crippen molar-refractivity contribution < 1.29 is 8.42 Å². The molecular formula is C6H14N2O2S. The lowest BCUT2D eigenvalue weighted by Gasteiger charge is -2.13. The Labute approximate surface area is 67.7 Å². The average molecular weight is 178 g/mol. The van der Waals surface area contributed by atoms with Crippen LogP contribution >= 0.6 is 0 Å². The molecule has 0 rings (SSSR count). The van der Waals surface area contributed by atoms with Gasteiger partial charge in [-0.25, -0.2) is 12.7 Å². The van der Waals surface area contributed by atoms with Gasteiger partial charge in [0.1, 0.15) is 0 Å². The van der Waals surface area contributed by atoms with Crippen molar-refractivity contribution in [1.82, 2.24) is 4.31 Å². The first kappa shape index (κ1) is 10.6. The third kappa shape index (κ3) is 3.50. The van der Waals surface area contributed by atoms with E-state index in [0.29, 0.717) is 13.1 Å². The van der Waals surface area contributed by atoms with Crippen LogP contribution in [0.15, 0.2) is 12.7 Å². The molecule has 2 N–H and O–H groups in total. The second-order valence-electron chi connectivity index (χ2n) is 2.18. The monoisotopic (exact) mass is 178 g/mol. The zero-order chi connectivity index (χ0) is 8.91. The number of nitrogens with zero attached hydrogens (tertiary/aromatic N) is 1. The van der Waals surface area contributed by atoms with Gasteiger partial charge >= 0.3 is 0 Å². The first-order valence-electron chi connectivity index (χ1n) is 3.29. The van der Waals surface area contributed by atoms with Crippen LogP contribution in [0, 0.1) is 0 Å². The summed E-state index contributed by atoms with van der Waals surface area (Å²) in [5.74, 6) is -0.0243. The van der Waals surface area contributed by atoms with Crippen LogP contribution < -0.4 is 5.73 Å². The Hall–Kier alpha value is -0.390. The highest BCUT2D eigenvalue weighted by Crippen LogP contribution is 1.96. The highest BCUT2D eigenvalue weighted by atomic mass is 32.2. The van der Waals surface area contributed by atoms with Crippen LogP contribution in [0.1, 0.15) is 0 Å². The van der Waals surface area contributed by atoms with E-state index in [1.807, 2.05) is 0 Å².